The molecule has 3 rings (SSSR count). The Labute approximate surface area is 128 Å². The fraction of sp³-hybridized carbons (Fsp3) is 0.333. The summed E-state index contributed by atoms with van der Waals surface area (Å²) in [6.07, 6.45) is 4.21. The van der Waals surface area contributed by atoms with Crippen LogP contribution in [0.5, 0.6) is 0 Å². The first-order valence-electron chi connectivity index (χ1n) is 7.10. The molecule has 0 amide bonds. The number of aryl methyl sites for hydroxylation is 1. The van der Waals surface area contributed by atoms with Crippen LogP contribution in [0.1, 0.15) is 24.5 Å². The van der Waals surface area contributed by atoms with E-state index in [-0.39, 0.29) is 0 Å². The van der Waals surface area contributed by atoms with E-state index >= 15 is 0 Å². The summed E-state index contributed by atoms with van der Waals surface area (Å²) in [5.41, 5.74) is 1.79. The zero-order valence-electron chi connectivity index (χ0n) is 12.6. The Morgan fingerprint density at radius 3 is 2.59 bits per heavy atom. The van der Waals surface area contributed by atoms with E-state index in [9.17, 15) is 0 Å². The topological polar surface area (TPSA) is 81.1 Å². The molecule has 0 aliphatic carbocycles. The molecule has 0 aliphatic heterocycles. The lowest BCUT2D eigenvalue weighted by molar-refractivity contribution is 0.243. The van der Waals surface area contributed by atoms with Crippen LogP contribution in [0.4, 0.5) is 0 Å². The smallest absolute Gasteiger partial charge is 0.230 e. The number of aromatic nitrogens is 4. The van der Waals surface area contributed by atoms with Crippen molar-refractivity contribution in [2.75, 3.05) is 7.05 Å². The second kappa shape index (κ2) is 6.48. The molecular formula is C15H17N5O2. The van der Waals surface area contributed by atoms with E-state index in [1.807, 2.05) is 37.1 Å². The zero-order chi connectivity index (χ0) is 15.4. The molecule has 0 N–H and O–H groups in total. The summed E-state index contributed by atoms with van der Waals surface area (Å²) in [5.74, 6) is 2.04. The third kappa shape index (κ3) is 3.37. The minimum atomic E-state index is 0.568. The van der Waals surface area contributed by atoms with Crippen molar-refractivity contribution in [1.82, 2.24) is 25.2 Å². The average Bonchev–Trinajstić information content (AvgIpc) is 3.17. The van der Waals surface area contributed by atoms with Crippen molar-refractivity contribution in [3.05, 3.63) is 48.1 Å². The first kappa shape index (κ1) is 14.4. The summed E-state index contributed by atoms with van der Waals surface area (Å²) in [6, 6.07) is 5.73. The first-order valence-corrected chi connectivity index (χ1v) is 7.10. The van der Waals surface area contributed by atoms with Crippen molar-refractivity contribution < 1.29 is 8.94 Å². The van der Waals surface area contributed by atoms with Crippen molar-refractivity contribution in [3.8, 4) is 11.3 Å². The standard InChI is InChI=1S/C15H17N5O2/c1-3-14-17-18-15(21-14)10-20(2)9-12-8-13(19-22-12)11-4-6-16-7-5-11/h4-8H,3,9-10H2,1-2H3. The van der Waals surface area contributed by atoms with E-state index in [0.29, 0.717) is 24.9 Å². The van der Waals surface area contributed by atoms with Crippen LogP contribution < -0.4 is 0 Å². The summed E-state index contributed by atoms with van der Waals surface area (Å²) in [5, 5.41) is 12.0. The third-order valence-corrected chi connectivity index (χ3v) is 3.18. The van der Waals surface area contributed by atoms with Crippen molar-refractivity contribution >= 4 is 0 Å². The molecule has 0 spiro atoms. The average molecular weight is 299 g/mol. The van der Waals surface area contributed by atoms with Gasteiger partial charge in [0.1, 0.15) is 5.69 Å². The van der Waals surface area contributed by atoms with Gasteiger partial charge in [-0.25, -0.2) is 0 Å². The molecule has 7 nitrogen and oxygen atoms in total. The molecule has 0 unspecified atom stereocenters. The molecule has 0 fully saturated rings. The Morgan fingerprint density at radius 1 is 1.09 bits per heavy atom. The number of hydrogen-bond acceptors (Lipinski definition) is 7. The molecule has 7 heteroatoms. The van der Waals surface area contributed by atoms with Gasteiger partial charge in [0.25, 0.3) is 0 Å². The summed E-state index contributed by atoms with van der Waals surface area (Å²) >= 11 is 0. The van der Waals surface area contributed by atoms with Gasteiger partial charge in [0.2, 0.25) is 11.8 Å². The van der Waals surface area contributed by atoms with Gasteiger partial charge < -0.3 is 8.94 Å². The minimum absolute atomic E-state index is 0.568. The van der Waals surface area contributed by atoms with E-state index in [2.05, 4.69) is 20.3 Å². The van der Waals surface area contributed by atoms with Crippen molar-refractivity contribution in [1.29, 1.82) is 0 Å². The van der Waals surface area contributed by atoms with E-state index < -0.39 is 0 Å². The molecule has 0 aromatic carbocycles. The molecule has 0 aliphatic rings. The normalized spacial score (nSPS) is 11.2. The molecule has 22 heavy (non-hydrogen) atoms. The van der Waals surface area contributed by atoms with E-state index in [1.165, 1.54) is 0 Å². The van der Waals surface area contributed by atoms with Crippen LogP contribution in [-0.4, -0.2) is 32.3 Å². The van der Waals surface area contributed by atoms with Crippen LogP contribution in [0.15, 0.2) is 39.5 Å². The molecular weight excluding hydrogens is 282 g/mol. The fourth-order valence-electron chi connectivity index (χ4n) is 2.09. The van der Waals surface area contributed by atoms with E-state index in [1.54, 1.807) is 12.4 Å². The minimum Gasteiger partial charge on any atom is -0.424 e. The number of rotatable bonds is 6. The second-order valence-electron chi connectivity index (χ2n) is 5.03. The van der Waals surface area contributed by atoms with Crippen LogP contribution in [0.25, 0.3) is 11.3 Å². The highest BCUT2D eigenvalue weighted by atomic mass is 16.5. The van der Waals surface area contributed by atoms with Gasteiger partial charge in [-0.1, -0.05) is 12.1 Å². The first-order chi connectivity index (χ1) is 10.7. The molecule has 0 saturated heterocycles. The molecule has 3 heterocycles. The van der Waals surface area contributed by atoms with Crippen LogP contribution in [-0.2, 0) is 19.5 Å². The zero-order valence-corrected chi connectivity index (χ0v) is 12.6. The van der Waals surface area contributed by atoms with Crippen LogP contribution >= 0.6 is 0 Å². The van der Waals surface area contributed by atoms with Crippen LogP contribution in [0.2, 0.25) is 0 Å². The summed E-state index contributed by atoms with van der Waals surface area (Å²) in [4.78, 5) is 6.02. The van der Waals surface area contributed by atoms with Crippen LogP contribution in [0, 0.1) is 0 Å². The Balaban J connectivity index is 1.62. The largest absolute Gasteiger partial charge is 0.424 e. The van der Waals surface area contributed by atoms with Gasteiger partial charge in [0, 0.05) is 30.4 Å². The van der Waals surface area contributed by atoms with Crippen LogP contribution in [0.3, 0.4) is 0 Å². The SMILES string of the molecule is CCc1nnc(CN(C)Cc2cc(-c3ccncc3)no2)o1. The van der Waals surface area contributed by atoms with Gasteiger partial charge in [-0.05, 0) is 19.2 Å². The Hall–Kier alpha value is -2.54. The van der Waals surface area contributed by atoms with E-state index in [4.69, 9.17) is 8.94 Å². The lowest BCUT2D eigenvalue weighted by atomic mass is 10.2. The predicted molar refractivity (Wildman–Crippen MR) is 78.6 cm³/mol. The lowest BCUT2D eigenvalue weighted by Gasteiger charge is -2.11. The van der Waals surface area contributed by atoms with E-state index in [0.717, 1.165) is 23.4 Å². The van der Waals surface area contributed by atoms with Gasteiger partial charge in [0.15, 0.2) is 5.76 Å². The van der Waals surface area contributed by atoms with Gasteiger partial charge in [-0.3, -0.25) is 9.88 Å². The molecule has 0 atom stereocenters. The molecule has 0 bridgehead atoms. The maximum absolute atomic E-state index is 5.50. The van der Waals surface area contributed by atoms with Gasteiger partial charge in [-0.15, -0.1) is 10.2 Å². The molecule has 3 aromatic rings. The van der Waals surface area contributed by atoms with Crippen molar-refractivity contribution in [2.45, 2.75) is 26.4 Å². The third-order valence-electron chi connectivity index (χ3n) is 3.18. The Kier molecular flexibility index (Phi) is 4.24. The van der Waals surface area contributed by atoms with Gasteiger partial charge in [-0.2, -0.15) is 0 Å². The highest BCUT2D eigenvalue weighted by Gasteiger charge is 2.12. The van der Waals surface area contributed by atoms with Gasteiger partial charge >= 0.3 is 0 Å². The fourth-order valence-corrected chi connectivity index (χ4v) is 2.09. The monoisotopic (exact) mass is 299 g/mol. The van der Waals surface area contributed by atoms with Gasteiger partial charge in [0.05, 0.1) is 13.1 Å². The summed E-state index contributed by atoms with van der Waals surface area (Å²) < 4.78 is 10.9. The van der Waals surface area contributed by atoms with Crippen molar-refractivity contribution in [2.24, 2.45) is 0 Å². The predicted octanol–water partition coefficient (Wildman–Crippen LogP) is 2.31. The summed E-state index contributed by atoms with van der Waals surface area (Å²) in [6.45, 7) is 3.16. The second-order valence-corrected chi connectivity index (χ2v) is 5.03. The Morgan fingerprint density at radius 2 is 1.86 bits per heavy atom. The number of nitrogens with zero attached hydrogens (tertiary/aromatic N) is 5. The summed E-state index contributed by atoms with van der Waals surface area (Å²) in [7, 11) is 1.96. The number of pyridine rings is 1. The molecule has 3 aromatic heterocycles. The Bertz CT molecular complexity index is 722. The lowest BCUT2D eigenvalue weighted by Crippen LogP contribution is -2.17. The quantitative estimate of drug-likeness (QED) is 0.690. The highest BCUT2D eigenvalue weighted by Crippen LogP contribution is 2.19. The van der Waals surface area contributed by atoms with Crippen molar-refractivity contribution in [3.63, 3.8) is 0 Å². The maximum atomic E-state index is 5.50. The maximum Gasteiger partial charge on any atom is 0.230 e. The molecule has 0 radical (unpaired) electrons. The highest BCUT2D eigenvalue weighted by molar-refractivity contribution is 5.57. The number of hydrogen-bond donors (Lipinski definition) is 0. The molecule has 114 valence electrons. The molecule has 0 saturated carbocycles.